The minimum Gasteiger partial charge on any atom is -0.381 e. The number of methoxy groups -OCH3 is 1. The van der Waals surface area contributed by atoms with Crippen LogP contribution in [0.5, 0.6) is 0 Å². The Kier molecular flexibility index (Phi) is 4.11. The van der Waals surface area contributed by atoms with E-state index in [9.17, 15) is 4.79 Å². The van der Waals surface area contributed by atoms with Gasteiger partial charge in [-0.3, -0.25) is 4.79 Å². The second-order valence-electron chi connectivity index (χ2n) is 4.27. The number of hydrogen-bond acceptors (Lipinski definition) is 5. The van der Waals surface area contributed by atoms with Crippen LogP contribution in [0.3, 0.4) is 0 Å². The summed E-state index contributed by atoms with van der Waals surface area (Å²) < 4.78 is 5.29. The second-order valence-corrected chi connectivity index (χ2v) is 4.27. The zero-order valence-corrected chi connectivity index (χ0v) is 10.4. The quantitative estimate of drug-likeness (QED) is 0.607. The molecule has 0 aromatic carbocycles. The lowest BCUT2D eigenvalue weighted by Gasteiger charge is -2.31. The standard InChI is InChI=1S/C12H18N4O2/c1-18-9-4-7-16(8-5-9)12(17)10-3-2-6-14-11(10)15-13/h2-3,6,9H,4-5,7-8,13H2,1H3,(H,14,15). The molecular formula is C12H18N4O2. The number of aromatic nitrogens is 1. The zero-order valence-electron chi connectivity index (χ0n) is 10.4. The predicted octanol–water partition coefficient (Wildman–Crippen LogP) is 0.618. The number of anilines is 1. The molecule has 0 aliphatic carbocycles. The molecule has 1 aliphatic rings. The van der Waals surface area contributed by atoms with E-state index in [2.05, 4.69) is 10.4 Å². The molecule has 0 radical (unpaired) electrons. The summed E-state index contributed by atoms with van der Waals surface area (Å²) in [4.78, 5) is 18.2. The van der Waals surface area contributed by atoms with Gasteiger partial charge in [0.25, 0.3) is 5.91 Å². The Hall–Kier alpha value is -1.66. The number of nitrogen functional groups attached to an aromatic ring is 1. The Morgan fingerprint density at radius 2 is 2.28 bits per heavy atom. The number of nitrogens with one attached hydrogen (secondary N) is 1. The molecule has 0 atom stereocenters. The first-order chi connectivity index (χ1) is 8.76. The topological polar surface area (TPSA) is 80.5 Å². The van der Waals surface area contributed by atoms with Crippen LogP contribution in [0.15, 0.2) is 18.3 Å². The van der Waals surface area contributed by atoms with Crippen molar-refractivity contribution < 1.29 is 9.53 Å². The largest absolute Gasteiger partial charge is 0.381 e. The highest BCUT2D eigenvalue weighted by atomic mass is 16.5. The van der Waals surface area contributed by atoms with Gasteiger partial charge < -0.3 is 15.1 Å². The molecule has 1 saturated heterocycles. The zero-order chi connectivity index (χ0) is 13.0. The molecule has 1 fully saturated rings. The van der Waals surface area contributed by atoms with Crippen LogP contribution in [-0.4, -0.2) is 42.1 Å². The lowest BCUT2D eigenvalue weighted by molar-refractivity contribution is 0.0351. The van der Waals surface area contributed by atoms with Crippen LogP contribution in [0.1, 0.15) is 23.2 Å². The van der Waals surface area contributed by atoms with Crippen molar-refractivity contribution in [1.82, 2.24) is 9.88 Å². The van der Waals surface area contributed by atoms with Crippen LogP contribution in [-0.2, 0) is 4.74 Å². The Morgan fingerprint density at radius 1 is 1.56 bits per heavy atom. The molecule has 6 nitrogen and oxygen atoms in total. The molecular weight excluding hydrogens is 232 g/mol. The third-order valence-corrected chi connectivity index (χ3v) is 3.24. The van der Waals surface area contributed by atoms with E-state index in [-0.39, 0.29) is 12.0 Å². The first kappa shape index (κ1) is 12.8. The van der Waals surface area contributed by atoms with Crippen LogP contribution >= 0.6 is 0 Å². The van der Waals surface area contributed by atoms with Gasteiger partial charge >= 0.3 is 0 Å². The Morgan fingerprint density at radius 3 is 2.89 bits per heavy atom. The third-order valence-electron chi connectivity index (χ3n) is 3.24. The van der Waals surface area contributed by atoms with Crippen molar-refractivity contribution >= 4 is 11.7 Å². The summed E-state index contributed by atoms with van der Waals surface area (Å²) in [5.74, 6) is 5.74. The molecule has 1 aromatic rings. The number of hydrogen-bond donors (Lipinski definition) is 2. The van der Waals surface area contributed by atoms with E-state index in [0.29, 0.717) is 24.5 Å². The van der Waals surface area contributed by atoms with Gasteiger partial charge in [0, 0.05) is 26.4 Å². The van der Waals surface area contributed by atoms with Gasteiger partial charge in [-0.05, 0) is 25.0 Å². The first-order valence-corrected chi connectivity index (χ1v) is 6.00. The number of likely N-dealkylation sites (tertiary alicyclic amines) is 1. The molecule has 98 valence electrons. The molecule has 3 N–H and O–H groups in total. The summed E-state index contributed by atoms with van der Waals surface area (Å²) in [6.45, 7) is 1.41. The molecule has 0 saturated carbocycles. The van der Waals surface area contributed by atoms with Crippen LogP contribution in [0.4, 0.5) is 5.82 Å². The van der Waals surface area contributed by atoms with Gasteiger partial charge in [-0.15, -0.1) is 0 Å². The van der Waals surface area contributed by atoms with E-state index in [1.165, 1.54) is 0 Å². The van der Waals surface area contributed by atoms with E-state index in [4.69, 9.17) is 10.6 Å². The molecule has 6 heteroatoms. The number of pyridine rings is 1. The van der Waals surface area contributed by atoms with Crippen LogP contribution in [0, 0.1) is 0 Å². The van der Waals surface area contributed by atoms with E-state index in [1.807, 2.05) is 4.90 Å². The van der Waals surface area contributed by atoms with Crippen LogP contribution < -0.4 is 11.3 Å². The van der Waals surface area contributed by atoms with Crippen molar-refractivity contribution in [2.75, 3.05) is 25.6 Å². The van der Waals surface area contributed by atoms with Crippen LogP contribution in [0.2, 0.25) is 0 Å². The van der Waals surface area contributed by atoms with Gasteiger partial charge in [-0.25, -0.2) is 10.8 Å². The number of nitrogens with zero attached hydrogens (tertiary/aromatic N) is 2. The van der Waals surface area contributed by atoms with E-state index in [0.717, 1.165) is 12.8 Å². The maximum Gasteiger partial charge on any atom is 0.257 e. The van der Waals surface area contributed by atoms with Gasteiger partial charge in [0.15, 0.2) is 5.82 Å². The summed E-state index contributed by atoms with van der Waals surface area (Å²) in [5, 5.41) is 0. The molecule has 1 aromatic heterocycles. The van der Waals surface area contributed by atoms with Gasteiger partial charge in [0.1, 0.15) is 0 Å². The molecule has 2 heterocycles. The predicted molar refractivity (Wildman–Crippen MR) is 68.0 cm³/mol. The van der Waals surface area contributed by atoms with Crippen molar-refractivity contribution in [3.8, 4) is 0 Å². The van der Waals surface area contributed by atoms with Gasteiger partial charge in [0.2, 0.25) is 0 Å². The molecule has 1 amide bonds. The van der Waals surface area contributed by atoms with Crippen molar-refractivity contribution in [2.24, 2.45) is 5.84 Å². The number of ether oxygens (including phenoxy) is 1. The number of carbonyl (C=O) groups excluding carboxylic acids is 1. The van der Waals surface area contributed by atoms with E-state index >= 15 is 0 Å². The second kappa shape index (κ2) is 5.79. The Balaban J connectivity index is 2.08. The maximum atomic E-state index is 12.3. The Labute approximate surface area is 106 Å². The molecule has 0 spiro atoms. The lowest BCUT2D eigenvalue weighted by Crippen LogP contribution is -2.41. The number of amides is 1. The lowest BCUT2D eigenvalue weighted by atomic mass is 10.1. The molecule has 0 unspecified atom stereocenters. The SMILES string of the molecule is COC1CCN(C(=O)c2cccnc2NN)CC1. The average Bonchev–Trinajstić information content (AvgIpc) is 2.46. The number of nitrogens with two attached hydrogens (primary N) is 1. The smallest absolute Gasteiger partial charge is 0.257 e. The minimum absolute atomic E-state index is 0.0365. The summed E-state index contributed by atoms with van der Waals surface area (Å²) >= 11 is 0. The Bertz CT molecular complexity index is 416. The fraction of sp³-hybridized carbons (Fsp3) is 0.500. The minimum atomic E-state index is -0.0365. The van der Waals surface area contributed by atoms with E-state index < -0.39 is 0 Å². The number of rotatable bonds is 3. The highest BCUT2D eigenvalue weighted by Gasteiger charge is 2.24. The van der Waals surface area contributed by atoms with Gasteiger partial charge in [-0.2, -0.15) is 0 Å². The molecule has 2 rings (SSSR count). The van der Waals surface area contributed by atoms with Crippen molar-refractivity contribution in [3.05, 3.63) is 23.9 Å². The number of hydrazine groups is 1. The maximum absolute atomic E-state index is 12.3. The number of piperidine rings is 1. The van der Waals surface area contributed by atoms with Crippen LogP contribution in [0.25, 0.3) is 0 Å². The van der Waals surface area contributed by atoms with Crippen molar-refractivity contribution in [3.63, 3.8) is 0 Å². The van der Waals surface area contributed by atoms with Gasteiger partial charge in [-0.1, -0.05) is 0 Å². The first-order valence-electron chi connectivity index (χ1n) is 6.00. The fourth-order valence-corrected chi connectivity index (χ4v) is 2.16. The summed E-state index contributed by atoms with van der Waals surface area (Å²) in [5.41, 5.74) is 2.96. The average molecular weight is 250 g/mol. The molecule has 0 bridgehead atoms. The monoisotopic (exact) mass is 250 g/mol. The van der Waals surface area contributed by atoms with Gasteiger partial charge in [0.05, 0.1) is 11.7 Å². The third kappa shape index (κ3) is 2.60. The highest BCUT2D eigenvalue weighted by Crippen LogP contribution is 2.18. The van der Waals surface area contributed by atoms with Crippen molar-refractivity contribution in [1.29, 1.82) is 0 Å². The number of carbonyl (C=O) groups is 1. The normalized spacial score (nSPS) is 16.7. The molecule has 18 heavy (non-hydrogen) atoms. The summed E-state index contributed by atoms with van der Waals surface area (Å²) in [6.07, 6.45) is 3.60. The fourth-order valence-electron chi connectivity index (χ4n) is 2.16. The highest BCUT2D eigenvalue weighted by molar-refractivity contribution is 5.98. The van der Waals surface area contributed by atoms with E-state index in [1.54, 1.807) is 25.4 Å². The molecule has 1 aliphatic heterocycles. The van der Waals surface area contributed by atoms with Crippen molar-refractivity contribution in [2.45, 2.75) is 18.9 Å². The summed E-state index contributed by atoms with van der Waals surface area (Å²) in [6, 6.07) is 3.46. The summed E-state index contributed by atoms with van der Waals surface area (Å²) in [7, 11) is 1.71.